The van der Waals surface area contributed by atoms with Gasteiger partial charge in [-0.3, -0.25) is 4.68 Å². The van der Waals surface area contributed by atoms with Crippen molar-refractivity contribution in [2.75, 3.05) is 0 Å². The smallest absolute Gasteiger partial charge is 0.101 e. The Labute approximate surface area is 112 Å². The van der Waals surface area contributed by atoms with Gasteiger partial charge in [-0.05, 0) is 18.9 Å². The van der Waals surface area contributed by atoms with Gasteiger partial charge in [0.05, 0.1) is 29.5 Å². The first-order valence-electron chi connectivity index (χ1n) is 6.19. The van der Waals surface area contributed by atoms with Gasteiger partial charge < -0.3 is 0 Å². The first-order valence-corrected chi connectivity index (χ1v) is 6.63. The summed E-state index contributed by atoms with van der Waals surface area (Å²) in [5.41, 5.74) is 3.04. The molecule has 0 radical (unpaired) electrons. The quantitative estimate of drug-likeness (QED) is 0.781. The van der Waals surface area contributed by atoms with Gasteiger partial charge in [0.1, 0.15) is 5.69 Å². The summed E-state index contributed by atoms with van der Waals surface area (Å²) in [6.45, 7) is 4.80. The second-order valence-electron chi connectivity index (χ2n) is 4.32. The molecular weight excluding hydrogens is 250 g/mol. The highest BCUT2D eigenvalue weighted by Gasteiger charge is 2.11. The summed E-state index contributed by atoms with van der Waals surface area (Å²) in [7, 11) is 1.95. The van der Waals surface area contributed by atoms with Crippen molar-refractivity contribution in [2.24, 2.45) is 7.05 Å². The second-order valence-corrected chi connectivity index (χ2v) is 4.85. The van der Waals surface area contributed by atoms with E-state index in [4.69, 9.17) is 11.6 Å². The summed E-state index contributed by atoms with van der Waals surface area (Å²) in [6, 6.07) is 2.10. The Morgan fingerprint density at radius 2 is 2.17 bits per heavy atom. The van der Waals surface area contributed by atoms with Crippen LogP contribution in [0.4, 0.5) is 0 Å². The van der Waals surface area contributed by atoms with Crippen molar-refractivity contribution in [1.29, 1.82) is 0 Å². The molecule has 0 amide bonds. The zero-order valence-electron chi connectivity index (χ0n) is 11.0. The van der Waals surface area contributed by atoms with Crippen LogP contribution in [-0.2, 0) is 20.0 Å². The number of rotatable bonds is 5. The van der Waals surface area contributed by atoms with E-state index in [0.29, 0.717) is 6.54 Å². The first-order chi connectivity index (χ1) is 8.63. The topological polar surface area (TPSA) is 48.5 Å². The maximum absolute atomic E-state index is 6.13. The van der Waals surface area contributed by atoms with Gasteiger partial charge in [0.2, 0.25) is 0 Å². The molecule has 1 unspecified atom stereocenters. The lowest BCUT2D eigenvalue weighted by molar-refractivity contribution is 0.598. The first kappa shape index (κ1) is 13.1. The minimum atomic E-state index is -0.0588. The van der Waals surface area contributed by atoms with E-state index in [9.17, 15) is 0 Å². The van der Waals surface area contributed by atoms with Gasteiger partial charge in [-0.1, -0.05) is 19.1 Å². The highest BCUT2D eigenvalue weighted by atomic mass is 35.5. The largest absolute Gasteiger partial charge is 0.270 e. The Hall–Kier alpha value is -1.36. The molecule has 2 aromatic heterocycles. The minimum absolute atomic E-state index is 0.0588. The molecule has 98 valence electrons. The van der Waals surface area contributed by atoms with Crippen LogP contribution in [0.25, 0.3) is 0 Å². The molecule has 2 rings (SSSR count). The molecule has 0 N–H and O–H groups in total. The summed E-state index contributed by atoms with van der Waals surface area (Å²) >= 11 is 6.13. The Kier molecular flexibility index (Phi) is 4.01. The van der Waals surface area contributed by atoms with Gasteiger partial charge in [-0.25, -0.2) is 4.68 Å². The van der Waals surface area contributed by atoms with Gasteiger partial charge in [0.25, 0.3) is 0 Å². The van der Waals surface area contributed by atoms with E-state index in [1.807, 2.05) is 24.9 Å². The molecule has 0 aliphatic rings. The minimum Gasteiger partial charge on any atom is -0.270 e. The van der Waals surface area contributed by atoms with Crippen LogP contribution < -0.4 is 0 Å². The lowest BCUT2D eigenvalue weighted by atomic mass is 10.2. The fourth-order valence-electron chi connectivity index (χ4n) is 1.80. The average Bonchev–Trinajstić information content (AvgIpc) is 2.97. The monoisotopic (exact) mass is 267 g/mol. The van der Waals surface area contributed by atoms with E-state index >= 15 is 0 Å². The third-order valence-corrected chi connectivity index (χ3v) is 3.48. The number of halogens is 1. The SMILES string of the molecule is CCc1cc(Cn2cc(C(Cl)CC)nn2)n(C)n1. The van der Waals surface area contributed by atoms with Crippen LogP contribution in [0, 0.1) is 0 Å². The molecule has 0 aliphatic heterocycles. The molecule has 0 fully saturated rings. The standard InChI is InChI=1S/C12H18ClN5/c1-4-9-6-10(17(3)15-9)7-18-8-12(14-16-18)11(13)5-2/h6,8,11H,4-5,7H2,1-3H3. The van der Waals surface area contributed by atoms with Crippen molar-refractivity contribution in [3.63, 3.8) is 0 Å². The zero-order chi connectivity index (χ0) is 13.1. The highest BCUT2D eigenvalue weighted by molar-refractivity contribution is 6.20. The predicted molar refractivity (Wildman–Crippen MR) is 70.6 cm³/mol. The molecule has 2 heterocycles. The molecule has 0 saturated carbocycles. The average molecular weight is 268 g/mol. The molecule has 18 heavy (non-hydrogen) atoms. The number of aryl methyl sites for hydroxylation is 2. The van der Waals surface area contributed by atoms with Gasteiger partial charge in [-0.15, -0.1) is 16.7 Å². The number of hydrogen-bond acceptors (Lipinski definition) is 3. The molecular formula is C12H18ClN5. The van der Waals surface area contributed by atoms with Gasteiger partial charge in [0, 0.05) is 7.05 Å². The second kappa shape index (κ2) is 5.52. The van der Waals surface area contributed by atoms with Crippen molar-refractivity contribution >= 4 is 11.6 Å². The molecule has 0 aliphatic carbocycles. The van der Waals surface area contributed by atoms with Crippen molar-refractivity contribution < 1.29 is 0 Å². The Morgan fingerprint density at radius 1 is 1.39 bits per heavy atom. The van der Waals surface area contributed by atoms with E-state index in [1.54, 1.807) is 4.68 Å². The summed E-state index contributed by atoms with van der Waals surface area (Å²) in [4.78, 5) is 0. The Bertz CT molecular complexity index is 516. The Balaban J connectivity index is 2.13. The fourth-order valence-corrected chi connectivity index (χ4v) is 1.90. The number of aromatic nitrogens is 5. The van der Waals surface area contributed by atoms with Gasteiger partial charge in [0.15, 0.2) is 0 Å². The van der Waals surface area contributed by atoms with E-state index in [0.717, 1.165) is 29.9 Å². The van der Waals surface area contributed by atoms with E-state index in [1.165, 1.54) is 0 Å². The third kappa shape index (κ3) is 2.72. The molecule has 1 atom stereocenters. The molecule has 0 spiro atoms. The highest BCUT2D eigenvalue weighted by Crippen LogP contribution is 2.20. The number of nitrogens with zero attached hydrogens (tertiary/aromatic N) is 5. The molecule has 0 saturated heterocycles. The molecule has 6 heteroatoms. The maximum Gasteiger partial charge on any atom is 0.101 e. The van der Waals surface area contributed by atoms with E-state index < -0.39 is 0 Å². The molecule has 0 aromatic carbocycles. The van der Waals surface area contributed by atoms with Crippen LogP contribution in [-0.4, -0.2) is 24.8 Å². The molecule has 2 aromatic rings. The van der Waals surface area contributed by atoms with Crippen molar-refractivity contribution in [3.8, 4) is 0 Å². The van der Waals surface area contributed by atoms with E-state index in [-0.39, 0.29) is 5.38 Å². The zero-order valence-corrected chi connectivity index (χ0v) is 11.7. The van der Waals surface area contributed by atoms with Crippen molar-refractivity contribution in [1.82, 2.24) is 24.8 Å². The van der Waals surface area contributed by atoms with Crippen molar-refractivity contribution in [3.05, 3.63) is 29.3 Å². The number of alkyl halides is 1. The van der Waals surface area contributed by atoms with Crippen LogP contribution in [0.2, 0.25) is 0 Å². The van der Waals surface area contributed by atoms with Crippen LogP contribution >= 0.6 is 11.6 Å². The summed E-state index contributed by atoms with van der Waals surface area (Å²) in [5.74, 6) is 0. The Morgan fingerprint density at radius 3 is 2.78 bits per heavy atom. The van der Waals surface area contributed by atoms with Crippen LogP contribution in [0.1, 0.15) is 42.7 Å². The third-order valence-electron chi connectivity index (χ3n) is 2.95. The number of hydrogen-bond donors (Lipinski definition) is 0. The lowest BCUT2D eigenvalue weighted by Gasteiger charge is -2.01. The lowest BCUT2D eigenvalue weighted by Crippen LogP contribution is -2.06. The summed E-state index contributed by atoms with van der Waals surface area (Å²) in [6.07, 6.45) is 3.70. The van der Waals surface area contributed by atoms with Crippen LogP contribution in [0.15, 0.2) is 12.3 Å². The molecule has 0 bridgehead atoms. The normalized spacial score (nSPS) is 12.9. The van der Waals surface area contributed by atoms with Crippen molar-refractivity contribution in [2.45, 2.75) is 38.6 Å². The molecule has 5 nitrogen and oxygen atoms in total. The van der Waals surface area contributed by atoms with E-state index in [2.05, 4.69) is 28.4 Å². The van der Waals surface area contributed by atoms with Crippen LogP contribution in [0.5, 0.6) is 0 Å². The maximum atomic E-state index is 6.13. The predicted octanol–water partition coefficient (Wildman–Crippen LogP) is 2.31. The van der Waals surface area contributed by atoms with Gasteiger partial charge in [-0.2, -0.15) is 5.10 Å². The summed E-state index contributed by atoms with van der Waals surface area (Å²) < 4.78 is 3.69. The van der Waals surface area contributed by atoms with Crippen LogP contribution in [0.3, 0.4) is 0 Å². The van der Waals surface area contributed by atoms with Gasteiger partial charge >= 0.3 is 0 Å². The fraction of sp³-hybridized carbons (Fsp3) is 0.583. The summed E-state index contributed by atoms with van der Waals surface area (Å²) in [5, 5.41) is 12.5.